The van der Waals surface area contributed by atoms with Gasteiger partial charge >= 0.3 is 0 Å². The standard InChI is InChI=1S/C15H14BrClO/c1-10-7-13(4-3-12(10)9-17)18-14-5-6-15(16)11(2)8-14/h3-8H,9H2,1-2H3. The minimum absolute atomic E-state index is 0.531. The van der Waals surface area contributed by atoms with E-state index in [0.29, 0.717) is 5.88 Å². The number of aryl methyl sites for hydroxylation is 2. The molecule has 0 aromatic heterocycles. The normalized spacial score (nSPS) is 10.4. The highest BCUT2D eigenvalue weighted by Gasteiger charge is 2.03. The third-order valence-corrected chi connectivity index (χ3v) is 4.00. The molecule has 2 aromatic rings. The van der Waals surface area contributed by atoms with Crippen molar-refractivity contribution >= 4 is 27.5 Å². The first-order chi connectivity index (χ1) is 8.60. The first-order valence-corrected chi connectivity index (χ1v) is 7.02. The third-order valence-electron chi connectivity index (χ3n) is 2.82. The second kappa shape index (κ2) is 5.77. The molecule has 0 heterocycles. The number of rotatable bonds is 3. The monoisotopic (exact) mass is 324 g/mol. The Balaban J connectivity index is 2.23. The van der Waals surface area contributed by atoms with Crippen molar-refractivity contribution < 1.29 is 4.74 Å². The molecule has 0 aliphatic carbocycles. The van der Waals surface area contributed by atoms with Crippen LogP contribution < -0.4 is 4.74 Å². The van der Waals surface area contributed by atoms with Crippen LogP contribution in [-0.2, 0) is 5.88 Å². The molecule has 0 N–H and O–H groups in total. The van der Waals surface area contributed by atoms with Gasteiger partial charge < -0.3 is 4.74 Å². The maximum atomic E-state index is 5.84. The van der Waals surface area contributed by atoms with Crippen molar-refractivity contribution in [2.45, 2.75) is 19.7 Å². The van der Waals surface area contributed by atoms with E-state index in [9.17, 15) is 0 Å². The van der Waals surface area contributed by atoms with Crippen molar-refractivity contribution in [1.82, 2.24) is 0 Å². The Morgan fingerprint density at radius 3 is 2.17 bits per heavy atom. The second-order valence-electron chi connectivity index (χ2n) is 4.23. The zero-order valence-corrected chi connectivity index (χ0v) is 12.7. The second-order valence-corrected chi connectivity index (χ2v) is 5.36. The van der Waals surface area contributed by atoms with Crippen LogP contribution in [0.25, 0.3) is 0 Å². The summed E-state index contributed by atoms with van der Waals surface area (Å²) in [5.74, 6) is 2.21. The summed E-state index contributed by atoms with van der Waals surface area (Å²) >= 11 is 9.31. The number of hydrogen-bond acceptors (Lipinski definition) is 1. The number of benzene rings is 2. The van der Waals surface area contributed by atoms with E-state index in [0.717, 1.165) is 32.7 Å². The Labute approximate surface area is 121 Å². The van der Waals surface area contributed by atoms with Crippen LogP contribution in [0.15, 0.2) is 40.9 Å². The molecule has 0 unspecified atom stereocenters. The SMILES string of the molecule is Cc1cc(Oc2ccc(CCl)c(C)c2)ccc1Br. The van der Waals surface area contributed by atoms with Gasteiger partial charge in [-0.15, -0.1) is 11.6 Å². The molecular formula is C15H14BrClO. The molecule has 2 rings (SSSR count). The summed E-state index contributed by atoms with van der Waals surface area (Å²) in [5, 5.41) is 0. The van der Waals surface area contributed by atoms with E-state index in [-0.39, 0.29) is 0 Å². The van der Waals surface area contributed by atoms with Gasteiger partial charge in [-0.3, -0.25) is 0 Å². The summed E-state index contributed by atoms with van der Waals surface area (Å²) in [7, 11) is 0. The topological polar surface area (TPSA) is 9.23 Å². The molecule has 1 nitrogen and oxygen atoms in total. The average molecular weight is 326 g/mol. The molecule has 2 aromatic carbocycles. The highest BCUT2D eigenvalue weighted by Crippen LogP contribution is 2.27. The van der Waals surface area contributed by atoms with Crippen molar-refractivity contribution in [2.75, 3.05) is 0 Å². The molecule has 0 bridgehead atoms. The zero-order valence-electron chi connectivity index (χ0n) is 10.3. The molecule has 3 heteroatoms. The largest absolute Gasteiger partial charge is 0.457 e. The summed E-state index contributed by atoms with van der Waals surface area (Å²) in [6.07, 6.45) is 0. The predicted molar refractivity (Wildman–Crippen MR) is 79.7 cm³/mol. The van der Waals surface area contributed by atoms with Gasteiger partial charge in [-0.2, -0.15) is 0 Å². The summed E-state index contributed by atoms with van der Waals surface area (Å²) in [6, 6.07) is 11.9. The Morgan fingerprint density at radius 2 is 1.61 bits per heavy atom. The van der Waals surface area contributed by atoms with Gasteiger partial charge in [0.1, 0.15) is 11.5 Å². The van der Waals surface area contributed by atoms with Gasteiger partial charge in [0.15, 0.2) is 0 Å². The van der Waals surface area contributed by atoms with Crippen LogP contribution in [0.3, 0.4) is 0 Å². The Morgan fingerprint density at radius 1 is 1.00 bits per heavy atom. The molecule has 94 valence electrons. The molecule has 0 aliphatic heterocycles. The first kappa shape index (κ1) is 13.4. The van der Waals surface area contributed by atoms with Crippen LogP contribution in [0.4, 0.5) is 0 Å². The van der Waals surface area contributed by atoms with Crippen LogP contribution in [0.2, 0.25) is 0 Å². The van der Waals surface area contributed by atoms with E-state index in [4.69, 9.17) is 16.3 Å². The lowest BCUT2D eigenvalue weighted by Gasteiger charge is -2.09. The predicted octanol–water partition coefficient (Wildman–Crippen LogP) is 5.60. The minimum atomic E-state index is 0.531. The van der Waals surface area contributed by atoms with Crippen LogP contribution >= 0.6 is 27.5 Å². The summed E-state index contributed by atoms with van der Waals surface area (Å²) < 4.78 is 6.92. The average Bonchev–Trinajstić information content (AvgIpc) is 2.34. The molecule has 0 radical (unpaired) electrons. The molecule has 0 saturated carbocycles. The van der Waals surface area contributed by atoms with Gasteiger partial charge in [-0.25, -0.2) is 0 Å². The van der Waals surface area contributed by atoms with Crippen molar-refractivity contribution in [3.8, 4) is 11.5 Å². The highest BCUT2D eigenvalue weighted by molar-refractivity contribution is 9.10. The van der Waals surface area contributed by atoms with Gasteiger partial charge in [0.2, 0.25) is 0 Å². The fourth-order valence-corrected chi connectivity index (χ4v) is 2.25. The molecule has 18 heavy (non-hydrogen) atoms. The van der Waals surface area contributed by atoms with E-state index < -0.39 is 0 Å². The van der Waals surface area contributed by atoms with E-state index in [1.54, 1.807) is 0 Å². The maximum Gasteiger partial charge on any atom is 0.127 e. The van der Waals surface area contributed by atoms with Gasteiger partial charge in [0, 0.05) is 10.4 Å². The molecule has 0 spiro atoms. The lowest BCUT2D eigenvalue weighted by atomic mass is 10.1. The fraction of sp³-hybridized carbons (Fsp3) is 0.200. The Kier molecular flexibility index (Phi) is 4.31. The summed E-state index contributed by atoms with van der Waals surface area (Å²) in [4.78, 5) is 0. The zero-order chi connectivity index (χ0) is 13.1. The smallest absolute Gasteiger partial charge is 0.127 e. The quantitative estimate of drug-likeness (QED) is 0.668. The van der Waals surface area contributed by atoms with E-state index in [1.807, 2.05) is 50.2 Å². The number of halogens is 2. The van der Waals surface area contributed by atoms with Gasteiger partial charge in [0.25, 0.3) is 0 Å². The molecule has 0 aliphatic rings. The lowest BCUT2D eigenvalue weighted by Crippen LogP contribution is -1.89. The number of ether oxygens (including phenoxy) is 1. The lowest BCUT2D eigenvalue weighted by molar-refractivity contribution is 0.481. The molecule has 0 fully saturated rings. The Bertz CT molecular complexity index is 566. The fourth-order valence-electron chi connectivity index (χ4n) is 1.70. The van der Waals surface area contributed by atoms with E-state index in [1.165, 1.54) is 0 Å². The van der Waals surface area contributed by atoms with Crippen molar-refractivity contribution in [3.63, 3.8) is 0 Å². The van der Waals surface area contributed by atoms with Crippen LogP contribution in [0.1, 0.15) is 16.7 Å². The molecule has 0 atom stereocenters. The van der Waals surface area contributed by atoms with Gasteiger partial charge in [-0.05, 0) is 60.9 Å². The van der Waals surface area contributed by atoms with Gasteiger partial charge in [-0.1, -0.05) is 22.0 Å². The van der Waals surface area contributed by atoms with Gasteiger partial charge in [0.05, 0.1) is 0 Å². The molecule has 0 amide bonds. The van der Waals surface area contributed by atoms with Crippen LogP contribution in [-0.4, -0.2) is 0 Å². The first-order valence-electron chi connectivity index (χ1n) is 5.69. The third kappa shape index (κ3) is 3.06. The maximum absolute atomic E-state index is 5.84. The minimum Gasteiger partial charge on any atom is -0.457 e. The van der Waals surface area contributed by atoms with E-state index in [2.05, 4.69) is 15.9 Å². The van der Waals surface area contributed by atoms with Crippen molar-refractivity contribution in [3.05, 3.63) is 57.6 Å². The number of hydrogen-bond donors (Lipinski definition) is 0. The Hall–Kier alpha value is -0.990. The summed E-state index contributed by atoms with van der Waals surface area (Å²) in [6.45, 7) is 4.08. The molecule has 0 saturated heterocycles. The highest BCUT2D eigenvalue weighted by atomic mass is 79.9. The van der Waals surface area contributed by atoms with Crippen molar-refractivity contribution in [2.24, 2.45) is 0 Å². The van der Waals surface area contributed by atoms with Crippen LogP contribution in [0.5, 0.6) is 11.5 Å². The number of alkyl halides is 1. The van der Waals surface area contributed by atoms with Crippen molar-refractivity contribution in [1.29, 1.82) is 0 Å². The summed E-state index contributed by atoms with van der Waals surface area (Å²) in [5.41, 5.74) is 3.44. The van der Waals surface area contributed by atoms with E-state index >= 15 is 0 Å². The molecular weight excluding hydrogens is 312 g/mol. The van der Waals surface area contributed by atoms with Crippen LogP contribution in [0, 0.1) is 13.8 Å².